The van der Waals surface area contributed by atoms with Crippen LogP contribution in [-0.2, 0) is 17.8 Å². The summed E-state index contributed by atoms with van der Waals surface area (Å²) < 4.78 is 15.9. The lowest BCUT2D eigenvalue weighted by molar-refractivity contribution is -0.120. The fourth-order valence-corrected chi connectivity index (χ4v) is 2.90. The van der Waals surface area contributed by atoms with Crippen molar-refractivity contribution in [3.8, 4) is 22.9 Å². The number of rotatable bonds is 9. The second kappa shape index (κ2) is 9.78. The molecular formula is C22H26N4O4. The van der Waals surface area contributed by atoms with Crippen molar-refractivity contribution in [3.63, 3.8) is 0 Å². The van der Waals surface area contributed by atoms with Gasteiger partial charge in [-0.2, -0.15) is 4.98 Å². The SMILES string of the molecule is COc1ccc(-c2noc(CNc3ccc(CC(=O)NC(C)C)cc3)n2)cc1OC. The fraction of sp³-hybridized carbons (Fsp3) is 0.318. The second-order valence-corrected chi connectivity index (χ2v) is 7.03. The molecule has 30 heavy (non-hydrogen) atoms. The van der Waals surface area contributed by atoms with Gasteiger partial charge in [-0.25, -0.2) is 0 Å². The Kier molecular flexibility index (Phi) is 6.90. The van der Waals surface area contributed by atoms with E-state index in [4.69, 9.17) is 14.0 Å². The Bertz CT molecular complexity index is 983. The minimum Gasteiger partial charge on any atom is -0.493 e. The topological polar surface area (TPSA) is 98.5 Å². The van der Waals surface area contributed by atoms with Crippen molar-refractivity contribution >= 4 is 11.6 Å². The van der Waals surface area contributed by atoms with Crippen LogP contribution in [-0.4, -0.2) is 36.3 Å². The van der Waals surface area contributed by atoms with E-state index in [0.29, 0.717) is 36.2 Å². The van der Waals surface area contributed by atoms with Crippen LogP contribution >= 0.6 is 0 Å². The highest BCUT2D eigenvalue weighted by Gasteiger charge is 2.12. The minimum absolute atomic E-state index is 0.0132. The molecule has 2 aromatic carbocycles. The summed E-state index contributed by atoms with van der Waals surface area (Å²) in [6, 6.07) is 13.3. The summed E-state index contributed by atoms with van der Waals surface area (Å²) in [7, 11) is 3.16. The number of nitrogens with zero attached hydrogens (tertiary/aromatic N) is 2. The Morgan fingerprint density at radius 3 is 2.47 bits per heavy atom. The largest absolute Gasteiger partial charge is 0.493 e. The van der Waals surface area contributed by atoms with Crippen LogP contribution in [0.15, 0.2) is 47.0 Å². The predicted octanol–water partition coefficient (Wildman–Crippen LogP) is 3.43. The molecule has 0 atom stereocenters. The molecule has 3 rings (SSSR count). The van der Waals surface area contributed by atoms with Crippen LogP contribution in [0.25, 0.3) is 11.4 Å². The number of aromatic nitrogens is 2. The smallest absolute Gasteiger partial charge is 0.246 e. The third-order valence-electron chi connectivity index (χ3n) is 4.32. The van der Waals surface area contributed by atoms with E-state index in [0.717, 1.165) is 16.8 Å². The van der Waals surface area contributed by atoms with Gasteiger partial charge in [-0.3, -0.25) is 4.79 Å². The van der Waals surface area contributed by atoms with Crippen LogP contribution in [0.4, 0.5) is 5.69 Å². The summed E-state index contributed by atoms with van der Waals surface area (Å²) in [6.07, 6.45) is 0.358. The number of hydrogen-bond donors (Lipinski definition) is 2. The summed E-state index contributed by atoms with van der Waals surface area (Å²) >= 11 is 0. The molecule has 1 amide bonds. The molecule has 0 aliphatic carbocycles. The molecule has 8 nitrogen and oxygen atoms in total. The first kappa shape index (κ1) is 21.2. The number of methoxy groups -OCH3 is 2. The van der Waals surface area contributed by atoms with Gasteiger partial charge < -0.3 is 24.6 Å². The van der Waals surface area contributed by atoms with E-state index in [-0.39, 0.29) is 11.9 Å². The van der Waals surface area contributed by atoms with Crippen LogP contribution in [0.2, 0.25) is 0 Å². The fourth-order valence-electron chi connectivity index (χ4n) is 2.90. The van der Waals surface area contributed by atoms with Crippen LogP contribution in [0.3, 0.4) is 0 Å². The number of anilines is 1. The lowest BCUT2D eigenvalue weighted by Crippen LogP contribution is -2.31. The molecule has 0 fully saturated rings. The van der Waals surface area contributed by atoms with Gasteiger partial charge in [0.2, 0.25) is 17.6 Å². The molecule has 0 radical (unpaired) electrons. The molecule has 0 spiro atoms. The molecule has 2 N–H and O–H groups in total. The number of hydrogen-bond acceptors (Lipinski definition) is 7. The quantitative estimate of drug-likeness (QED) is 0.558. The van der Waals surface area contributed by atoms with Gasteiger partial charge in [0.05, 0.1) is 27.2 Å². The van der Waals surface area contributed by atoms with E-state index < -0.39 is 0 Å². The summed E-state index contributed by atoms with van der Waals surface area (Å²) in [5.41, 5.74) is 2.62. The summed E-state index contributed by atoms with van der Waals surface area (Å²) in [6.45, 7) is 4.27. The highest BCUT2D eigenvalue weighted by Crippen LogP contribution is 2.31. The Morgan fingerprint density at radius 2 is 1.80 bits per heavy atom. The molecule has 0 aliphatic rings. The highest BCUT2D eigenvalue weighted by atomic mass is 16.5. The number of carbonyl (C=O) groups is 1. The average Bonchev–Trinajstić information content (AvgIpc) is 3.21. The van der Waals surface area contributed by atoms with Crippen LogP contribution in [0.5, 0.6) is 11.5 Å². The minimum atomic E-state index is 0.0132. The van der Waals surface area contributed by atoms with Crippen molar-refractivity contribution in [1.82, 2.24) is 15.5 Å². The molecule has 0 saturated heterocycles. The first-order valence-electron chi connectivity index (χ1n) is 9.65. The number of carbonyl (C=O) groups excluding carboxylic acids is 1. The van der Waals surface area contributed by atoms with Crippen LogP contribution in [0.1, 0.15) is 25.3 Å². The van der Waals surface area contributed by atoms with E-state index in [1.807, 2.05) is 44.2 Å². The van der Waals surface area contributed by atoms with E-state index >= 15 is 0 Å². The molecule has 3 aromatic rings. The Labute approximate surface area is 175 Å². The zero-order valence-corrected chi connectivity index (χ0v) is 17.6. The number of benzene rings is 2. The molecule has 1 aromatic heterocycles. The van der Waals surface area contributed by atoms with E-state index in [2.05, 4.69) is 20.8 Å². The Balaban J connectivity index is 1.58. The van der Waals surface area contributed by atoms with E-state index in [1.54, 1.807) is 26.4 Å². The highest BCUT2D eigenvalue weighted by molar-refractivity contribution is 5.78. The van der Waals surface area contributed by atoms with Gasteiger partial charge in [0.25, 0.3) is 0 Å². The van der Waals surface area contributed by atoms with Crippen LogP contribution in [0, 0.1) is 0 Å². The van der Waals surface area contributed by atoms with Crippen molar-refractivity contribution in [1.29, 1.82) is 0 Å². The number of amides is 1. The van der Waals surface area contributed by atoms with Crippen molar-refractivity contribution < 1.29 is 18.8 Å². The summed E-state index contributed by atoms with van der Waals surface area (Å²) in [5, 5.41) is 10.2. The second-order valence-electron chi connectivity index (χ2n) is 7.03. The molecule has 1 heterocycles. The van der Waals surface area contributed by atoms with Crippen molar-refractivity contribution in [3.05, 3.63) is 53.9 Å². The lowest BCUT2D eigenvalue weighted by Gasteiger charge is -2.09. The van der Waals surface area contributed by atoms with Gasteiger partial charge in [0, 0.05) is 17.3 Å². The molecule has 0 unspecified atom stereocenters. The van der Waals surface area contributed by atoms with Gasteiger partial charge in [-0.05, 0) is 49.7 Å². The van der Waals surface area contributed by atoms with E-state index in [1.165, 1.54) is 0 Å². The summed E-state index contributed by atoms with van der Waals surface area (Å²) in [5.74, 6) is 2.18. The first-order chi connectivity index (χ1) is 14.5. The first-order valence-corrected chi connectivity index (χ1v) is 9.65. The number of nitrogens with one attached hydrogen (secondary N) is 2. The maximum Gasteiger partial charge on any atom is 0.246 e. The third kappa shape index (κ3) is 5.50. The van der Waals surface area contributed by atoms with Crippen LogP contribution < -0.4 is 20.1 Å². The maximum atomic E-state index is 11.8. The van der Waals surface area contributed by atoms with Gasteiger partial charge in [-0.1, -0.05) is 17.3 Å². The zero-order valence-electron chi connectivity index (χ0n) is 17.6. The average molecular weight is 410 g/mol. The van der Waals surface area contributed by atoms with Gasteiger partial charge >= 0.3 is 0 Å². The zero-order chi connectivity index (χ0) is 21.5. The number of ether oxygens (including phenoxy) is 2. The third-order valence-corrected chi connectivity index (χ3v) is 4.32. The summed E-state index contributed by atoms with van der Waals surface area (Å²) in [4.78, 5) is 16.3. The van der Waals surface area contributed by atoms with Crippen molar-refractivity contribution in [2.24, 2.45) is 0 Å². The molecule has 158 valence electrons. The van der Waals surface area contributed by atoms with Gasteiger partial charge in [0.1, 0.15) is 0 Å². The van der Waals surface area contributed by atoms with Gasteiger partial charge in [-0.15, -0.1) is 0 Å². The Morgan fingerprint density at radius 1 is 1.07 bits per heavy atom. The predicted molar refractivity (Wildman–Crippen MR) is 114 cm³/mol. The lowest BCUT2D eigenvalue weighted by atomic mass is 10.1. The molecule has 8 heteroatoms. The molecule has 0 saturated carbocycles. The maximum absolute atomic E-state index is 11.8. The van der Waals surface area contributed by atoms with Crippen molar-refractivity contribution in [2.45, 2.75) is 32.9 Å². The molecule has 0 aliphatic heterocycles. The standard InChI is InChI=1S/C22H26N4O4/c1-14(2)24-20(27)11-15-5-8-17(9-6-15)23-13-21-25-22(26-30-21)16-7-10-18(28-3)19(12-16)29-4/h5-10,12,14,23H,11,13H2,1-4H3,(H,24,27). The van der Waals surface area contributed by atoms with Crippen molar-refractivity contribution in [2.75, 3.05) is 19.5 Å². The monoisotopic (exact) mass is 410 g/mol. The van der Waals surface area contributed by atoms with E-state index in [9.17, 15) is 4.79 Å². The van der Waals surface area contributed by atoms with Gasteiger partial charge in [0.15, 0.2) is 11.5 Å². The Hall–Kier alpha value is -3.55. The molecule has 0 bridgehead atoms. The molecular weight excluding hydrogens is 384 g/mol. The normalized spacial score (nSPS) is 10.7.